The van der Waals surface area contributed by atoms with Crippen molar-refractivity contribution in [3.05, 3.63) is 33.3 Å². The highest BCUT2D eigenvalue weighted by atomic mass is 35.5. The Labute approximate surface area is 108 Å². The zero-order valence-corrected chi connectivity index (χ0v) is 10.1. The highest BCUT2D eigenvalue weighted by Crippen LogP contribution is 2.30. The SMILES string of the molecule is N#CC1CN(c2ccc([N+](=O)[O-])cc2Cl)CCO1. The molecule has 0 saturated carbocycles. The van der Waals surface area contributed by atoms with Gasteiger partial charge in [0.25, 0.3) is 5.69 Å². The molecule has 0 radical (unpaired) electrons. The first-order chi connectivity index (χ1) is 8.61. The monoisotopic (exact) mass is 267 g/mol. The van der Waals surface area contributed by atoms with E-state index >= 15 is 0 Å². The van der Waals surface area contributed by atoms with Crippen LogP contribution in [-0.2, 0) is 4.74 Å². The molecule has 1 fully saturated rings. The molecule has 1 aliphatic rings. The minimum Gasteiger partial charge on any atom is -0.364 e. The topological polar surface area (TPSA) is 79.4 Å². The number of nitro groups is 1. The fraction of sp³-hybridized carbons (Fsp3) is 0.364. The van der Waals surface area contributed by atoms with Crippen LogP contribution in [0.3, 0.4) is 0 Å². The van der Waals surface area contributed by atoms with Gasteiger partial charge >= 0.3 is 0 Å². The fourth-order valence-electron chi connectivity index (χ4n) is 1.81. The molecule has 0 aromatic heterocycles. The highest BCUT2D eigenvalue weighted by molar-refractivity contribution is 6.33. The minimum absolute atomic E-state index is 0.0474. The molecule has 1 aromatic rings. The summed E-state index contributed by atoms with van der Waals surface area (Å²) < 4.78 is 5.23. The van der Waals surface area contributed by atoms with Crippen LogP contribution < -0.4 is 4.90 Å². The van der Waals surface area contributed by atoms with Gasteiger partial charge < -0.3 is 9.64 Å². The van der Waals surface area contributed by atoms with Gasteiger partial charge in [-0.1, -0.05) is 11.6 Å². The standard InChI is InChI=1S/C11H10ClN3O3/c12-10-5-8(15(16)17)1-2-11(10)14-3-4-18-9(6-13)7-14/h1-2,5,9H,3-4,7H2. The van der Waals surface area contributed by atoms with Gasteiger partial charge in [0.15, 0.2) is 6.10 Å². The molecule has 1 aromatic carbocycles. The summed E-state index contributed by atoms with van der Waals surface area (Å²) in [4.78, 5) is 12.0. The Balaban J connectivity index is 2.23. The van der Waals surface area contributed by atoms with Crippen molar-refractivity contribution < 1.29 is 9.66 Å². The first-order valence-corrected chi connectivity index (χ1v) is 5.69. The van der Waals surface area contributed by atoms with E-state index in [-0.39, 0.29) is 5.69 Å². The predicted molar refractivity (Wildman–Crippen MR) is 65.7 cm³/mol. The average Bonchev–Trinajstić information content (AvgIpc) is 2.38. The van der Waals surface area contributed by atoms with Crippen molar-refractivity contribution in [3.63, 3.8) is 0 Å². The zero-order valence-electron chi connectivity index (χ0n) is 9.38. The van der Waals surface area contributed by atoms with Crippen LogP contribution in [0.2, 0.25) is 5.02 Å². The molecule has 0 bridgehead atoms. The second-order valence-electron chi connectivity index (χ2n) is 3.83. The molecule has 1 aliphatic heterocycles. The number of benzene rings is 1. The molecular weight excluding hydrogens is 258 g/mol. The first-order valence-electron chi connectivity index (χ1n) is 5.32. The van der Waals surface area contributed by atoms with Crippen molar-refractivity contribution in [2.24, 2.45) is 0 Å². The third-order valence-electron chi connectivity index (χ3n) is 2.69. The summed E-state index contributed by atoms with van der Waals surface area (Å²) in [6, 6.07) is 6.35. The van der Waals surface area contributed by atoms with Crippen molar-refractivity contribution in [2.45, 2.75) is 6.10 Å². The average molecular weight is 268 g/mol. The Morgan fingerprint density at radius 3 is 3.00 bits per heavy atom. The molecule has 1 unspecified atom stereocenters. The number of halogens is 1. The van der Waals surface area contributed by atoms with E-state index in [1.54, 1.807) is 6.07 Å². The quantitative estimate of drug-likeness (QED) is 0.605. The number of ether oxygens (including phenoxy) is 1. The van der Waals surface area contributed by atoms with Crippen LogP contribution in [-0.4, -0.2) is 30.7 Å². The zero-order chi connectivity index (χ0) is 13.1. The van der Waals surface area contributed by atoms with Crippen LogP contribution >= 0.6 is 11.6 Å². The smallest absolute Gasteiger partial charge is 0.271 e. The van der Waals surface area contributed by atoms with Crippen molar-refractivity contribution >= 4 is 23.0 Å². The predicted octanol–water partition coefficient (Wildman–Crippen LogP) is 1.98. The molecular formula is C11H10ClN3O3. The Hall–Kier alpha value is -1.84. The van der Waals surface area contributed by atoms with Crippen molar-refractivity contribution in [2.75, 3.05) is 24.6 Å². The van der Waals surface area contributed by atoms with Crippen molar-refractivity contribution in [1.29, 1.82) is 5.26 Å². The van der Waals surface area contributed by atoms with Crippen molar-refractivity contribution in [1.82, 2.24) is 0 Å². The van der Waals surface area contributed by atoms with Gasteiger partial charge in [-0.3, -0.25) is 10.1 Å². The Kier molecular flexibility index (Phi) is 3.65. The van der Waals surface area contributed by atoms with Crippen LogP contribution in [0.1, 0.15) is 0 Å². The molecule has 18 heavy (non-hydrogen) atoms. The summed E-state index contributed by atoms with van der Waals surface area (Å²) in [7, 11) is 0. The van der Waals surface area contributed by atoms with E-state index in [0.29, 0.717) is 30.4 Å². The maximum atomic E-state index is 10.6. The van der Waals surface area contributed by atoms with Gasteiger partial charge in [-0.05, 0) is 6.07 Å². The van der Waals surface area contributed by atoms with Crippen LogP contribution in [0.4, 0.5) is 11.4 Å². The Bertz CT molecular complexity index is 515. The molecule has 0 aliphatic carbocycles. The number of nitro benzene ring substituents is 1. The van der Waals surface area contributed by atoms with E-state index in [2.05, 4.69) is 0 Å². The van der Waals surface area contributed by atoms with Gasteiger partial charge in [0.2, 0.25) is 0 Å². The lowest BCUT2D eigenvalue weighted by molar-refractivity contribution is -0.384. The third kappa shape index (κ3) is 2.53. The number of non-ortho nitro benzene ring substituents is 1. The summed E-state index contributed by atoms with van der Waals surface area (Å²) in [5, 5.41) is 19.7. The van der Waals surface area contributed by atoms with Gasteiger partial charge in [0, 0.05) is 18.7 Å². The lowest BCUT2D eigenvalue weighted by Crippen LogP contribution is -2.41. The number of hydrogen-bond acceptors (Lipinski definition) is 5. The lowest BCUT2D eigenvalue weighted by Gasteiger charge is -2.32. The highest BCUT2D eigenvalue weighted by Gasteiger charge is 2.22. The maximum absolute atomic E-state index is 10.6. The number of nitrogens with zero attached hydrogens (tertiary/aromatic N) is 3. The van der Waals surface area contributed by atoms with Crippen molar-refractivity contribution in [3.8, 4) is 6.07 Å². The van der Waals surface area contributed by atoms with E-state index in [0.717, 1.165) is 0 Å². The molecule has 7 heteroatoms. The fourth-order valence-corrected chi connectivity index (χ4v) is 2.11. The molecule has 2 rings (SSSR count). The van der Waals surface area contributed by atoms with Gasteiger partial charge in [-0.25, -0.2) is 0 Å². The van der Waals surface area contributed by atoms with E-state index in [1.165, 1.54) is 12.1 Å². The van der Waals surface area contributed by atoms with Crippen LogP contribution in [0, 0.1) is 21.4 Å². The van der Waals surface area contributed by atoms with E-state index in [1.807, 2.05) is 11.0 Å². The molecule has 94 valence electrons. The van der Waals surface area contributed by atoms with Gasteiger partial charge in [0.05, 0.1) is 34.9 Å². The molecule has 0 amide bonds. The normalized spacial score (nSPS) is 19.3. The Morgan fingerprint density at radius 1 is 1.61 bits per heavy atom. The number of nitriles is 1. The molecule has 0 spiro atoms. The molecule has 6 nitrogen and oxygen atoms in total. The van der Waals surface area contributed by atoms with Crippen LogP contribution in [0.15, 0.2) is 18.2 Å². The van der Waals surface area contributed by atoms with Gasteiger partial charge in [-0.2, -0.15) is 5.26 Å². The lowest BCUT2D eigenvalue weighted by atomic mass is 10.2. The second kappa shape index (κ2) is 5.21. The van der Waals surface area contributed by atoms with Crippen LogP contribution in [0.25, 0.3) is 0 Å². The summed E-state index contributed by atoms with van der Waals surface area (Å²) in [6.45, 7) is 1.45. The largest absolute Gasteiger partial charge is 0.364 e. The van der Waals surface area contributed by atoms with E-state index < -0.39 is 11.0 Å². The van der Waals surface area contributed by atoms with E-state index in [4.69, 9.17) is 21.6 Å². The van der Waals surface area contributed by atoms with Crippen LogP contribution in [0.5, 0.6) is 0 Å². The third-order valence-corrected chi connectivity index (χ3v) is 3.00. The number of rotatable bonds is 2. The van der Waals surface area contributed by atoms with Gasteiger partial charge in [-0.15, -0.1) is 0 Å². The van der Waals surface area contributed by atoms with E-state index in [9.17, 15) is 10.1 Å². The summed E-state index contributed by atoms with van der Waals surface area (Å²) in [5.41, 5.74) is 0.639. The number of hydrogen-bond donors (Lipinski definition) is 0. The maximum Gasteiger partial charge on any atom is 0.271 e. The summed E-state index contributed by atoms with van der Waals surface area (Å²) in [5.74, 6) is 0. The summed E-state index contributed by atoms with van der Waals surface area (Å²) >= 11 is 6.03. The number of morpholine rings is 1. The minimum atomic E-state index is -0.495. The Morgan fingerprint density at radius 2 is 2.39 bits per heavy atom. The molecule has 1 atom stereocenters. The number of anilines is 1. The first kappa shape index (κ1) is 12.6. The van der Waals surface area contributed by atoms with Gasteiger partial charge in [0.1, 0.15) is 0 Å². The summed E-state index contributed by atoms with van der Waals surface area (Å²) in [6.07, 6.45) is -0.495. The molecule has 1 heterocycles. The molecule has 1 saturated heterocycles. The second-order valence-corrected chi connectivity index (χ2v) is 4.23. The molecule has 0 N–H and O–H groups in total.